The van der Waals surface area contributed by atoms with Crippen LogP contribution in [0.3, 0.4) is 0 Å². The summed E-state index contributed by atoms with van der Waals surface area (Å²) in [5.74, 6) is 1.38. The average Bonchev–Trinajstić information content (AvgIpc) is 2.52. The normalized spacial score (nSPS) is 11.6. The van der Waals surface area contributed by atoms with Crippen molar-refractivity contribution in [3.8, 4) is 11.5 Å². The molecule has 2 aromatic rings. The van der Waals surface area contributed by atoms with E-state index in [0.29, 0.717) is 17.2 Å². The van der Waals surface area contributed by atoms with Gasteiger partial charge < -0.3 is 9.47 Å². The first kappa shape index (κ1) is 16.0. The lowest BCUT2D eigenvalue weighted by Crippen LogP contribution is -1.95. The van der Waals surface area contributed by atoms with Gasteiger partial charge in [0.2, 0.25) is 0 Å². The van der Waals surface area contributed by atoms with Crippen molar-refractivity contribution in [1.29, 1.82) is 0 Å². The maximum atomic E-state index is 11.4. The highest BCUT2D eigenvalue weighted by Crippen LogP contribution is 2.23. The summed E-state index contributed by atoms with van der Waals surface area (Å²) in [7, 11) is -0.0215. The number of aliphatic imine (C=N–C) groups is 1. The number of ether oxygens (including phenoxy) is 2. The summed E-state index contributed by atoms with van der Waals surface area (Å²) in [6.07, 6.45) is 2.82. The second-order valence-electron chi connectivity index (χ2n) is 4.63. The van der Waals surface area contributed by atoms with Crippen LogP contribution in [0.2, 0.25) is 0 Å². The van der Waals surface area contributed by atoms with Crippen LogP contribution < -0.4 is 9.47 Å². The molecule has 0 amide bonds. The van der Waals surface area contributed by atoms with E-state index < -0.39 is 9.84 Å². The monoisotopic (exact) mass is 319 g/mol. The molecular formula is C16H17NO4S. The van der Waals surface area contributed by atoms with E-state index >= 15 is 0 Å². The molecule has 2 aromatic carbocycles. The molecule has 0 aliphatic heterocycles. The lowest BCUT2D eigenvalue weighted by molar-refractivity contribution is 0.402. The van der Waals surface area contributed by atoms with Crippen LogP contribution in [0.1, 0.15) is 5.56 Å². The van der Waals surface area contributed by atoms with E-state index in [9.17, 15) is 8.42 Å². The summed E-state index contributed by atoms with van der Waals surface area (Å²) in [4.78, 5) is 4.60. The standard InChI is InChI=1S/C16H17NO4S/c1-20-14-6-9-16(21-2)12(10-14)11-17-13-4-7-15(8-5-13)22(3,18)19/h4-11H,1-3H3. The third kappa shape index (κ3) is 3.85. The molecule has 5 nitrogen and oxygen atoms in total. The number of hydrogen-bond donors (Lipinski definition) is 0. The Labute approximate surface area is 130 Å². The van der Waals surface area contributed by atoms with E-state index in [2.05, 4.69) is 4.99 Å². The lowest BCUT2D eigenvalue weighted by Gasteiger charge is -2.06. The molecule has 0 aliphatic rings. The zero-order valence-electron chi connectivity index (χ0n) is 12.6. The van der Waals surface area contributed by atoms with Crippen molar-refractivity contribution in [2.45, 2.75) is 4.90 Å². The minimum Gasteiger partial charge on any atom is -0.497 e. The number of sulfone groups is 1. The van der Waals surface area contributed by atoms with E-state index in [0.717, 1.165) is 5.56 Å². The van der Waals surface area contributed by atoms with Crippen LogP contribution in [-0.2, 0) is 9.84 Å². The van der Waals surface area contributed by atoms with Gasteiger partial charge in [-0.15, -0.1) is 0 Å². The minimum absolute atomic E-state index is 0.269. The van der Waals surface area contributed by atoms with Crippen molar-refractivity contribution in [3.05, 3.63) is 48.0 Å². The quantitative estimate of drug-likeness (QED) is 0.795. The molecule has 0 spiro atoms. The second kappa shape index (κ2) is 6.62. The van der Waals surface area contributed by atoms with Crippen LogP contribution in [0.25, 0.3) is 0 Å². The highest BCUT2D eigenvalue weighted by molar-refractivity contribution is 7.90. The molecule has 0 saturated heterocycles. The molecule has 0 unspecified atom stereocenters. The molecular weight excluding hydrogens is 302 g/mol. The molecule has 0 aliphatic carbocycles. The van der Waals surface area contributed by atoms with Crippen LogP contribution in [0, 0.1) is 0 Å². The molecule has 6 heteroatoms. The van der Waals surface area contributed by atoms with Gasteiger partial charge in [0.1, 0.15) is 11.5 Å². The first-order valence-electron chi connectivity index (χ1n) is 6.50. The maximum absolute atomic E-state index is 11.4. The van der Waals surface area contributed by atoms with Crippen LogP contribution in [0.5, 0.6) is 11.5 Å². The molecule has 0 fully saturated rings. The van der Waals surface area contributed by atoms with Gasteiger partial charge in [-0.1, -0.05) is 0 Å². The second-order valence-corrected chi connectivity index (χ2v) is 6.65. The maximum Gasteiger partial charge on any atom is 0.175 e. The Bertz CT molecular complexity index is 780. The fraction of sp³-hybridized carbons (Fsp3) is 0.188. The van der Waals surface area contributed by atoms with Gasteiger partial charge >= 0.3 is 0 Å². The molecule has 0 N–H and O–H groups in total. The van der Waals surface area contributed by atoms with E-state index in [4.69, 9.17) is 9.47 Å². The molecule has 0 aromatic heterocycles. The largest absolute Gasteiger partial charge is 0.497 e. The Balaban J connectivity index is 2.28. The topological polar surface area (TPSA) is 65.0 Å². The van der Waals surface area contributed by atoms with Crippen LogP contribution in [0.15, 0.2) is 52.4 Å². The number of hydrogen-bond acceptors (Lipinski definition) is 5. The van der Waals surface area contributed by atoms with Gasteiger partial charge in [0, 0.05) is 18.0 Å². The third-order valence-electron chi connectivity index (χ3n) is 3.05. The molecule has 0 heterocycles. The summed E-state index contributed by atoms with van der Waals surface area (Å²) in [5, 5.41) is 0. The van der Waals surface area contributed by atoms with Crippen molar-refractivity contribution in [2.24, 2.45) is 4.99 Å². The molecule has 116 valence electrons. The van der Waals surface area contributed by atoms with Crippen molar-refractivity contribution in [3.63, 3.8) is 0 Å². The van der Waals surface area contributed by atoms with Crippen LogP contribution in [0.4, 0.5) is 5.69 Å². The van der Waals surface area contributed by atoms with E-state index in [1.165, 1.54) is 18.4 Å². The van der Waals surface area contributed by atoms with Gasteiger partial charge in [-0.25, -0.2) is 8.42 Å². The molecule has 0 bridgehead atoms. The van der Waals surface area contributed by atoms with Crippen molar-refractivity contribution < 1.29 is 17.9 Å². The summed E-state index contributed by atoms with van der Waals surface area (Å²) in [5.41, 5.74) is 1.42. The Morgan fingerprint density at radius 1 is 1.00 bits per heavy atom. The van der Waals surface area contributed by atoms with Crippen LogP contribution in [-0.4, -0.2) is 35.1 Å². The highest BCUT2D eigenvalue weighted by atomic mass is 32.2. The number of rotatable bonds is 5. The molecule has 2 rings (SSSR count). The van der Waals surface area contributed by atoms with Crippen molar-refractivity contribution >= 4 is 21.7 Å². The first-order valence-corrected chi connectivity index (χ1v) is 8.39. The Morgan fingerprint density at radius 2 is 1.68 bits per heavy atom. The predicted octanol–water partition coefficient (Wildman–Crippen LogP) is 2.86. The van der Waals surface area contributed by atoms with E-state index in [-0.39, 0.29) is 4.90 Å². The van der Waals surface area contributed by atoms with Gasteiger partial charge in [-0.3, -0.25) is 4.99 Å². The van der Waals surface area contributed by atoms with Crippen molar-refractivity contribution in [2.75, 3.05) is 20.5 Å². The van der Waals surface area contributed by atoms with Gasteiger partial charge in [0.05, 0.1) is 24.8 Å². The SMILES string of the molecule is COc1ccc(OC)c(C=Nc2ccc(S(C)(=O)=O)cc2)c1. The van der Waals surface area contributed by atoms with Crippen LogP contribution >= 0.6 is 0 Å². The average molecular weight is 319 g/mol. The molecule has 22 heavy (non-hydrogen) atoms. The zero-order valence-corrected chi connectivity index (χ0v) is 13.4. The van der Waals surface area contributed by atoms with E-state index in [1.54, 1.807) is 44.7 Å². The van der Waals surface area contributed by atoms with E-state index in [1.807, 2.05) is 6.07 Å². The number of benzene rings is 2. The number of methoxy groups -OCH3 is 2. The third-order valence-corrected chi connectivity index (χ3v) is 4.18. The molecule has 0 saturated carbocycles. The summed E-state index contributed by atoms with van der Waals surface area (Å²) >= 11 is 0. The minimum atomic E-state index is -3.19. The Morgan fingerprint density at radius 3 is 2.23 bits per heavy atom. The van der Waals surface area contributed by atoms with Gasteiger partial charge in [0.15, 0.2) is 9.84 Å². The fourth-order valence-corrected chi connectivity index (χ4v) is 2.49. The highest BCUT2D eigenvalue weighted by Gasteiger charge is 2.06. The zero-order chi connectivity index (χ0) is 16.2. The lowest BCUT2D eigenvalue weighted by atomic mass is 10.2. The fourth-order valence-electron chi connectivity index (χ4n) is 1.86. The number of nitrogens with zero attached hydrogens (tertiary/aromatic N) is 1. The van der Waals surface area contributed by atoms with Gasteiger partial charge in [-0.2, -0.15) is 0 Å². The summed E-state index contributed by atoms with van der Waals surface area (Å²) < 4.78 is 33.3. The van der Waals surface area contributed by atoms with Gasteiger partial charge in [-0.05, 0) is 42.5 Å². The molecule has 0 radical (unpaired) electrons. The van der Waals surface area contributed by atoms with Gasteiger partial charge in [0.25, 0.3) is 0 Å². The summed E-state index contributed by atoms with van der Waals surface area (Å²) in [6, 6.07) is 11.8. The Hall–Kier alpha value is -2.34. The van der Waals surface area contributed by atoms with Crippen molar-refractivity contribution in [1.82, 2.24) is 0 Å². The first-order chi connectivity index (χ1) is 10.4. The smallest absolute Gasteiger partial charge is 0.175 e. The predicted molar refractivity (Wildman–Crippen MR) is 86.4 cm³/mol. The summed E-state index contributed by atoms with van der Waals surface area (Å²) in [6.45, 7) is 0. The Kier molecular flexibility index (Phi) is 4.82. The molecule has 0 atom stereocenters.